The maximum Gasteiger partial charge on any atom is 0.509 e. The molecule has 2 aliphatic rings. The zero-order valence-electron chi connectivity index (χ0n) is 7.45. The van der Waals surface area contributed by atoms with E-state index in [4.69, 9.17) is 25.8 Å². The van der Waals surface area contributed by atoms with Crippen LogP contribution in [0.25, 0.3) is 0 Å². The highest BCUT2D eigenvalue weighted by molar-refractivity contribution is 6.19. The Bertz CT molecular complexity index is 244. The first-order chi connectivity index (χ1) is 6.01. The van der Waals surface area contributed by atoms with E-state index in [1.54, 1.807) is 0 Å². The summed E-state index contributed by atoms with van der Waals surface area (Å²) in [6.07, 6.45) is -0.716. The maximum atomic E-state index is 10.9. The fraction of sp³-hybridized carbons (Fsp3) is 0.875. The molecule has 2 aliphatic heterocycles. The molecule has 0 N–H and O–H groups in total. The average molecular weight is 207 g/mol. The van der Waals surface area contributed by atoms with Gasteiger partial charge in [-0.2, -0.15) is 0 Å². The first-order valence-electron chi connectivity index (χ1n) is 4.20. The molecule has 0 aliphatic carbocycles. The summed E-state index contributed by atoms with van der Waals surface area (Å²) < 4.78 is 15.4. The summed E-state index contributed by atoms with van der Waals surface area (Å²) in [7, 11) is 0. The highest BCUT2D eigenvalue weighted by atomic mass is 35.5. The second kappa shape index (κ2) is 2.75. The molecule has 13 heavy (non-hydrogen) atoms. The SMILES string of the molecule is C[C@@H]1OC(Cl)C[C@@]2(C)OC(=O)O[C@@H]12. The molecule has 74 valence electrons. The summed E-state index contributed by atoms with van der Waals surface area (Å²) in [5, 5.41) is 0. The van der Waals surface area contributed by atoms with E-state index in [0.29, 0.717) is 6.42 Å². The van der Waals surface area contributed by atoms with Gasteiger partial charge >= 0.3 is 6.16 Å². The van der Waals surface area contributed by atoms with Crippen molar-refractivity contribution in [2.75, 3.05) is 0 Å². The van der Waals surface area contributed by atoms with Crippen LogP contribution in [-0.2, 0) is 14.2 Å². The normalized spacial score (nSPS) is 49.5. The van der Waals surface area contributed by atoms with Gasteiger partial charge in [0.25, 0.3) is 0 Å². The van der Waals surface area contributed by atoms with E-state index < -0.39 is 17.3 Å². The summed E-state index contributed by atoms with van der Waals surface area (Å²) in [4.78, 5) is 10.9. The predicted octanol–water partition coefficient (Wildman–Crippen LogP) is 1.65. The lowest BCUT2D eigenvalue weighted by Crippen LogP contribution is -2.51. The zero-order chi connectivity index (χ0) is 9.64. The third-order valence-corrected chi connectivity index (χ3v) is 2.75. The predicted molar refractivity (Wildman–Crippen MR) is 44.6 cm³/mol. The fourth-order valence-corrected chi connectivity index (χ4v) is 2.39. The van der Waals surface area contributed by atoms with Gasteiger partial charge in [0.1, 0.15) is 5.56 Å². The molecular formula is C8H11ClO4. The van der Waals surface area contributed by atoms with Crippen LogP contribution in [0, 0.1) is 0 Å². The van der Waals surface area contributed by atoms with E-state index in [1.165, 1.54) is 0 Å². The van der Waals surface area contributed by atoms with Crippen molar-refractivity contribution >= 4 is 17.8 Å². The molecule has 0 amide bonds. The summed E-state index contributed by atoms with van der Waals surface area (Å²) in [5.74, 6) is 0. The van der Waals surface area contributed by atoms with Gasteiger partial charge in [-0.05, 0) is 13.8 Å². The van der Waals surface area contributed by atoms with E-state index in [2.05, 4.69) is 0 Å². The lowest BCUT2D eigenvalue weighted by Gasteiger charge is -2.37. The van der Waals surface area contributed by atoms with Crippen LogP contribution in [0.5, 0.6) is 0 Å². The van der Waals surface area contributed by atoms with Crippen molar-refractivity contribution in [3.63, 3.8) is 0 Å². The highest BCUT2D eigenvalue weighted by Crippen LogP contribution is 2.39. The Morgan fingerprint density at radius 1 is 1.62 bits per heavy atom. The first-order valence-corrected chi connectivity index (χ1v) is 4.64. The number of halogens is 1. The molecule has 0 bridgehead atoms. The van der Waals surface area contributed by atoms with Gasteiger partial charge in [-0.25, -0.2) is 4.79 Å². The minimum Gasteiger partial charge on any atom is -0.424 e. The van der Waals surface area contributed by atoms with Gasteiger partial charge in [-0.1, -0.05) is 11.6 Å². The molecule has 1 unspecified atom stereocenters. The number of carbonyl (C=O) groups is 1. The van der Waals surface area contributed by atoms with Crippen molar-refractivity contribution in [1.82, 2.24) is 0 Å². The molecule has 0 saturated carbocycles. The second-order valence-electron chi connectivity index (χ2n) is 3.66. The average Bonchev–Trinajstić information content (AvgIpc) is 2.23. The fourth-order valence-electron chi connectivity index (χ4n) is 1.92. The van der Waals surface area contributed by atoms with Crippen LogP contribution in [0.3, 0.4) is 0 Å². The van der Waals surface area contributed by atoms with Crippen molar-refractivity contribution in [3.8, 4) is 0 Å². The Morgan fingerprint density at radius 2 is 2.31 bits per heavy atom. The van der Waals surface area contributed by atoms with E-state index in [-0.39, 0.29) is 12.2 Å². The number of hydrogen-bond acceptors (Lipinski definition) is 4. The first kappa shape index (κ1) is 9.09. The van der Waals surface area contributed by atoms with Gasteiger partial charge in [0.05, 0.1) is 6.10 Å². The third-order valence-electron chi connectivity index (χ3n) is 2.50. The summed E-state index contributed by atoms with van der Waals surface area (Å²) in [6, 6.07) is 0. The van der Waals surface area contributed by atoms with E-state index >= 15 is 0 Å². The van der Waals surface area contributed by atoms with Crippen molar-refractivity contribution in [2.24, 2.45) is 0 Å². The van der Waals surface area contributed by atoms with Gasteiger partial charge in [0, 0.05) is 6.42 Å². The van der Waals surface area contributed by atoms with Crippen LogP contribution in [-0.4, -0.2) is 29.5 Å². The van der Waals surface area contributed by atoms with Crippen LogP contribution in [0.1, 0.15) is 20.3 Å². The Hall–Kier alpha value is -0.480. The molecule has 4 atom stereocenters. The van der Waals surface area contributed by atoms with Gasteiger partial charge in [0.15, 0.2) is 11.7 Å². The molecule has 0 aromatic heterocycles. The van der Waals surface area contributed by atoms with Crippen LogP contribution in [0.4, 0.5) is 4.79 Å². The molecule has 0 spiro atoms. The summed E-state index contributed by atoms with van der Waals surface area (Å²) in [5.41, 5.74) is -1.04. The lowest BCUT2D eigenvalue weighted by molar-refractivity contribution is -0.128. The Morgan fingerprint density at radius 3 is 3.00 bits per heavy atom. The number of hydrogen-bond donors (Lipinski definition) is 0. The molecule has 4 nitrogen and oxygen atoms in total. The van der Waals surface area contributed by atoms with E-state index in [1.807, 2.05) is 13.8 Å². The van der Waals surface area contributed by atoms with Crippen LogP contribution < -0.4 is 0 Å². The molecule has 2 fully saturated rings. The smallest absolute Gasteiger partial charge is 0.424 e. The van der Waals surface area contributed by atoms with E-state index in [0.717, 1.165) is 0 Å². The van der Waals surface area contributed by atoms with Crippen molar-refractivity contribution in [2.45, 2.75) is 43.6 Å². The van der Waals surface area contributed by atoms with Crippen LogP contribution >= 0.6 is 11.6 Å². The van der Waals surface area contributed by atoms with Gasteiger partial charge in [-0.3, -0.25) is 0 Å². The molecular weight excluding hydrogens is 196 g/mol. The van der Waals surface area contributed by atoms with E-state index in [9.17, 15) is 4.79 Å². The van der Waals surface area contributed by atoms with Gasteiger partial charge < -0.3 is 14.2 Å². The third kappa shape index (κ3) is 1.38. The lowest BCUT2D eigenvalue weighted by atomic mass is 9.90. The molecule has 2 heterocycles. The summed E-state index contributed by atoms with van der Waals surface area (Å²) >= 11 is 5.85. The second-order valence-corrected chi connectivity index (χ2v) is 4.15. The molecule has 0 aromatic carbocycles. The zero-order valence-corrected chi connectivity index (χ0v) is 8.21. The van der Waals surface area contributed by atoms with Gasteiger partial charge in [0.2, 0.25) is 0 Å². The molecule has 2 saturated heterocycles. The number of fused-ring (bicyclic) bond motifs is 1. The Labute approximate surface area is 81.1 Å². The highest BCUT2D eigenvalue weighted by Gasteiger charge is 2.55. The van der Waals surface area contributed by atoms with Crippen LogP contribution in [0.2, 0.25) is 0 Å². The Balaban J connectivity index is 2.23. The largest absolute Gasteiger partial charge is 0.509 e. The van der Waals surface area contributed by atoms with Gasteiger partial charge in [-0.15, -0.1) is 0 Å². The van der Waals surface area contributed by atoms with Crippen molar-refractivity contribution < 1.29 is 19.0 Å². The molecule has 0 radical (unpaired) electrons. The molecule has 0 aromatic rings. The van der Waals surface area contributed by atoms with Crippen LogP contribution in [0.15, 0.2) is 0 Å². The topological polar surface area (TPSA) is 44.8 Å². The Kier molecular flexibility index (Phi) is 1.92. The van der Waals surface area contributed by atoms with Crippen molar-refractivity contribution in [3.05, 3.63) is 0 Å². The number of ether oxygens (including phenoxy) is 3. The summed E-state index contributed by atoms with van der Waals surface area (Å²) in [6.45, 7) is 3.64. The molecule has 2 rings (SSSR count). The monoisotopic (exact) mass is 206 g/mol. The number of alkyl halides is 1. The number of rotatable bonds is 0. The van der Waals surface area contributed by atoms with Crippen molar-refractivity contribution in [1.29, 1.82) is 0 Å². The minimum atomic E-state index is -0.631. The standard InChI is InChI=1S/C8H11ClO4/c1-4-6-8(2,3-5(9)11-4)13-7(10)12-6/h4-6H,3H2,1-2H3/t4-,5?,6-,8+/m0/s1. The molecule has 5 heteroatoms. The quantitative estimate of drug-likeness (QED) is 0.447. The number of carbonyl (C=O) groups excluding carboxylic acids is 1. The maximum absolute atomic E-state index is 10.9. The minimum absolute atomic E-state index is 0.215.